The SMILES string of the molecule is COc1c(Nc2ccc(SC(C)C)nc2C)ncnc1OC1CCN(C(=O)OC(C)C)CC1. The molecule has 1 aliphatic rings. The third kappa shape index (κ3) is 6.86. The van der Waals surface area contributed by atoms with Crippen LogP contribution in [0.15, 0.2) is 23.5 Å². The second-order valence-electron chi connectivity index (χ2n) is 8.37. The van der Waals surface area contributed by atoms with Gasteiger partial charge >= 0.3 is 6.09 Å². The molecule has 2 aromatic heterocycles. The summed E-state index contributed by atoms with van der Waals surface area (Å²) >= 11 is 1.72. The fourth-order valence-corrected chi connectivity index (χ4v) is 4.23. The van der Waals surface area contributed by atoms with Gasteiger partial charge in [0.25, 0.3) is 5.88 Å². The van der Waals surface area contributed by atoms with Gasteiger partial charge < -0.3 is 24.4 Å². The lowest BCUT2D eigenvalue weighted by molar-refractivity contribution is 0.0500. The Labute approximate surface area is 199 Å². The Bertz CT molecular complexity index is 948. The molecular weight excluding hydrogens is 442 g/mol. The highest BCUT2D eigenvalue weighted by Gasteiger charge is 2.27. The molecule has 180 valence electrons. The van der Waals surface area contributed by atoms with Crippen molar-refractivity contribution in [3.63, 3.8) is 0 Å². The second-order valence-corrected chi connectivity index (χ2v) is 9.97. The zero-order valence-electron chi connectivity index (χ0n) is 20.1. The van der Waals surface area contributed by atoms with Crippen molar-refractivity contribution >= 4 is 29.4 Å². The van der Waals surface area contributed by atoms with Crippen LogP contribution in [-0.4, -0.2) is 63.6 Å². The summed E-state index contributed by atoms with van der Waals surface area (Å²) in [4.78, 5) is 27.1. The van der Waals surface area contributed by atoms with Gasteiger partial charge in [0.2, 0.25) is 5.75 Å². The zero-order valence-corrected chi connectivity index (χ0v) is 20.9. The number of pyridine rings is 1. The van der Waals surface area contributed by atoms with E-state index in [9.17, 15) is 4.79 Å². The highest BCUT2D eigenvalue weighted by molar-refractivity contribution is 7.99. The first kappa shape index (κ1) is 24.9. The van der Waals surface area contributed by atoms with Gasteiger partial charge in [-0.2, -0.15) is 4.98 Å². The molecule has 0 unspecified atom stereocenters. The Hall–Kier alpha value is -2.75. The van der Waals surface area contributed by atoms with E-state index in [0.717, 1.165) is 16.4 Å². The van der Waals surface area contributed by atoms with Crippen molar-refractivity contribution in [3.8, 4) is 11.6 Å². The molecule has 0 aliphatic carbocycles. The summed E-state index contributed by atoms with van der Waals surface area (Å²) in [5.74, 6) is 1.31. The van der Waals surface area contributed by atoms with Crippen LogP contribution in [0.1, 0.15) is 46.2 Å². The quantitative estimate of drug-likeness (QED) is 0.539. The van der Waals surface area contributed by atoms with Crippen LogP contribution in [-0.2, 0) is 4.74 Å². The Balaban J connectivity index is 1.67. The molecule has 2 aromatic rings. The fourth-order valence-electron chi connectivity index (χ4n) is 3.41. The number of nitrogens with one attached hydrogen (secondary N) is 1. The van der Waals surface area contributed by atoms with Crippen LogP contribution < -0.4 is 14.8 Å². The molecule has 0 saturated carbocycles. The molecule has 0 aromatic carbocycles. The van der Waals surface area contributed by atoms with Crippen LogP contribution in [0.5, 0.6) is 11.6 Å². The lowest BCUT2D eigenvalue weighted by Crippen LogP contribution is -2.42. The first-order valence-corrected chi connectivity index (χ1v) is 12.1. The number of piperidine rings is 1. The number of aromatic nitrogens is 3. The van der Waals surface area contributed by atoms with E-state index in [0.29, 0.717) is 48.6 Å². The van der Waals surface area contributed by atoms with E-state index >= 15 is 0 Å². The summed E-state index contributed by atoms with van der Waals surface area (Å²) in [6, 6.07) is 3.98. The molecule has 33 heavy (non-hydrogen) atoms. The number of hydrogen-bond donors (Lipinski definition) is 1. The third-order valence-corrected chi connectivity index (χ3v) is 5.90. The Morgan fingerprint density at radius 1 is 1.18 bits per heavy atom. The van der Waals surface area contributed by atoms with Crippen molar-refractivity contribution < 1.29 is 19.0 Å². The Morgan fingerprint density at radius 3 is 2.52 bits per heavy atom. The van der Waals surface area contributed by atoms with Crippen molar-refractivity contribution in [2.75, 3.05) is 25.5 Å². The van der Waals surface area contributed by atoms with Crippen LogP contribution in [0.3, 0.4) is 0 Å². The fraction of sp³-hybridized carbons (Fsp3) is 0.565. The number of carbonyl (C=O) groups is 1. The van der Waals surface area contributed by atoms with E-state index in [1.807, 2.05) is 32.9 Å². The summed E-state index contributed by atoms with van der Waals surface area (Å²) in [5.41, 5.74) is 1.70. The number of nitrogens with zero attached hydrogens (tertiary/aromatic N) is 4. The first-order valence-electron chi connectivity index (χ1n) is 11.2. The molecule has 0 radical (unpaired) electrons. The van der Waals surface area contributed by atoms with Crippen LogP contribution in [0.2, 0.25) is 0 Å². The van der Waals surface area contributed by atoms with Gasteiger partial charge in [-0.25, -0.2) is 14.8 Å². The van der Waals surface area contributed by atoms with Crippen molar-refractivity contribution in [2.45, 2.75) is 69.9 Å². The molecule has 1 aliphatic heterocycles. The van der Waals surface area contributed by atoms with Crippen LogP contribution in [0.4, 0.5) is 16.3 Å². The maximum absolute atomic E-state index is 12.1. The molecule has 9 nitrogen and oxygen atoms in total. The molecule has 1 fully saturated rings. The van der Waals surface area contributed by atoms with E-state index in [1.54, 1.807) is 23.8 Å². The van der Waals surface area contributed by atoms with Crippen LogP contribution in [0, 0.1) is 6.92 Å². The third-order valence-electron chi connectivity index (χ3n) is 4.96. The van der Waals surface area contributed by atoms with Gasteiger partial charge in [0, 0.05) is 31.2 Å². The first-order chi connectivity index (χ1) is 15.8. The van der Waals surface area contributed by atoms with E-state index in [-0.39, 0.29) is 18.3 Å². The van der Waals surface area contributed by atoms with Crippen molar-refractivity contribution in [1.82, 2.24) is 19.9 Å². The Kier molecular flexibility index (Phi) is 8.60. The topological polar surface area (TPSA) is 98.7 Å². The minimum atomic E-state index is -0.281. The van der Waals surface area contributed by atoms with Gasteiger partial charge in [-0.15, -0.1) is 11.8 Å². The molecule has 3 heterocycles. The maximum Gasteiger partial charge on any atom is 0.410 e. The zero-order chi connectivity index (χ0) is 24.0. The van der Waals surface area contributed by atoms with Crippen molar-refractivity contribution in [2.24, 2.45) is 0 Å². The number of carbonyl (C=O) groups excluding carboxylic acids is 1. The minimum Gasteiger partial charge on any atom is -0.489 e. The molecule has 1 N–H and O–H groups in total. The number of anilines is 2. The van der Waals surface area contributed by atoms with E-state index in [4.69, 9.17) is 14.2 Å². The van der Waals surface area contributed by atoms with E-state index in [1.165, 1.54) is 6.33 Å². The minimum absolute atomic E-state index is 0.0829. The molecule has 10 heteroatoms. The lowest BCUT2D eigenvalue weighted by Gasteiger charge is -2.31. The number of ether oxygens (including phenoxy) is 3. The normalized spacial score (nSPS) is 14.5. The van der Waals surface area contributed by atoms with Gasteiger partial charge in [0.15, 0.2) is 5.82 Å². The molecule has 1 amide bonds. The van der Waals surface area contributed by atoms with Gasteiger partial charge in [-0.05, 0) is 32.9 Å². The number of thioether (sulfide) groups is 1. The van der Waals surface area contributed by atoms with E-state index in [2.05, 4.69) is 34.1 Å². The predicted molar refractivity (Wildman–Crippen MR) is 129 cm³/mol. The second kappa shape index (κ2) is 11.4. The summed E-state index contributed by atoms with van der Waals surface area (Å²) in [6.07, 6.45) is 2.31. The number of amides is 1. The lowest BCUT2D eigenvalue weighted by atomic mass is 10.1. The maximum atomic E-state index is 12.1. The average Bonchev–Trinajstić information content (AvgIpc) is 2.75. The largest absolute Gasteiger partial charge is 0.489 e. The van der Waals surface area contributed by atoms with Crippen LogP contribution >= 0.6 is 11.8 Å². The highest BCUT2D eigenvalue weighted by Crippen LogP contribution is 2.35. The molecular formula is C23H33N5O4S. The Morgan fingerprint density at radius 2 is 1.91 bits per heavy atom. The molecule has 0 atom stereocenters. The van der Waals surface area contributed by atoms with Crippen molar-refractivity contribution in [1.29, 1.82) is 0 Å². The van der Waals surface area contributed by atoms with Crippen molar-refractivity contribution in [3.05, 3.63) is 24.2 Å². The molecule has 0 spiro atoms. The summed E-state index contributed by atoms with van der Waals surface area (Å²) in [7, 11) is 1.56. The number of aryl methyl sites for hydroxylation is 1. The predicted octanol–water partition coefficient (Wildman–Crippen LogP) is 4.82. The van der Waals surface area contributed by atoms with Gasteiger partial charge in [0.1, 0.15) is 12.4 Å². The number of likely N-dealkylation sites (tertiary alicyclic amines) is 1. The standard InChI is InChI=1S/C23H33N5O4S/c1-14(2)31-23(29)28-11-9-17(10-12-28)32-22-20(30-6)21(24-13-25-22)27-18-7-8-19(26-16(18)5)33-15(3)4/h7-8,13-15,17H,9-12H2,1-6H3,(H,24,25,27). The molecule has 0 bridgehead atoms. The summed E-state index contributed by atoms with van der Waals surface area (Å²) in [5, 5.41) is 4.74. The highest BCUT2D eigenvalue weighted by atomic mass is 32.2. The van der Waals surface area contributed by atoms with E-state index < -0.39 is 0 Å². The molecule has 1 saturated heterocycles. The number of rotatable bonds is 8. The summed E-state index contributed by atoms with van der Waals surface area (Å²) < 4.78 is 17.0. The number of hydrogen-bond acceptors (Lipinski definition) is 9. The smallest absolute Gasteiger partial charge is 0.410 e. The van der Waals surface area contributed by atoms with Gasteiger partial charge in [-0.3, -0.25) is 0 Å². The molecule has 3 rings (SSSR count). The summed E-state index contributed by atoms with van der Waals surface area (Å²) in [6.45, 7) is 11.1. The average molecular weight is 476 g/mol. The van der Waals surface area contributed by atoms with Gasteiger partial charge in [-0.1, -0.05) is 13.8 Å². The monoisotopic (exact) mass is 475 g/mol. The number of methoxy groups -OCH3 is 1. The van der Waals surface area contributed by atoms with Crippen LogP contribution in [0.25, 0.3) is 0 Å². The van der Waals surface area contributed by atoms with Gasteiger partial charge in [0.05, 0.1) is 29.6 Å².